The number of aryl methyl sites for hydroxylation is 1. The number of nitrogens with zero attached hydrogens (tertiary/aromatic N) is 2. The first kappa shape index (κ1) is 11.7. The van der Waals surface area contributed by atoms with Crippen molar-refractivity contribution in [1.29, 1.82) is 0 Å². The fraction of sp³-hybridized carbons (Fsp3) is 0.250. The van der Waals surface area contributed by atoms with Gasteiger partial charge in [-0.25, -0.2) is 4.98 Å². The summed E-state index contributed by atoms with van der Waals surface area (Å²) in [6.07, 6.45) is 1.85. The Morgan fingerprint density at radius 2 is 2.12 bits per heavy atom. The number of benzene rings is 1. The molecule has 2 aromatic rings. The number of aromatic nitrogens is 2. The molecular formula is C12H12BrClN2. The molecule has 0 radical (unpaired) electrons. The second-order valence-corrected chi connectivity index (χ2v) is 5.10. The van der Waals surface area contributed by atoms with Gasteiger partial charge >= 0.3 is 0 Å². The zero-order chi connectivity index (χ0) is 11.7. The van der Waals surface area contributed by atoms with Crippen molar-refractivity contribution in [2.24, 2.45) is 0 Å². The Hall–Kier alpha value is -0.800. The van der Waals surface area contributed by atoms with Crippen LogP contribution in [0.4, 0.5) is 0 Å². The van der Waals surface area contributed by atoms with Gasteiger partial charge in [-0.15, -0.1) is 0 Å². The highest BCUT2D eigenvalue weighted by molar-refractivity contribution is 9.10. The van der Waals surface area contributed by atoms with E-state index in [4.69, 9.17) is 11.6 Å². The molecule has 1 heterocycles. The molecule has 1 aromatic carbocycles. The van der Waals surface area contributed by atoms with Crippen LogP contribution in [0.2, 0.25) is 5.02 Å². The van der Waals surface area contributed by atoms with Gasteiger partial charge in [0.05, 0.1) is 18.6 Å². The summed E-state index contributed by atoms with van der Waals surface area (Å²) in [5.74, 6) is 0. The minimum absolute atomic E-state index is 0.763. The number of hydrogen-bond acceptors (Lipinski definition) is 1. The van der Waals surface area contributed by atoms with Crippen LogP contribution in [-0.4, -0.2) is 9.55 Å². The van der Waals surface area contributed by atoms with Crippen molar-refractivity contribution in [2.75, 3.05) is 0 Å². The molecule has 0 atom stereocenters. The smallest absolute Gasteiger partial charge is 0.0954 e. The lowest BCUT2D eigenvalue weighted by molar-refractivity contribution is 0.769. The van der Waals surface area contributed by atoms with Crippen LogP contribution in [0.3, 0.4) is 0 Å². The lowest BCUT2D eigenvalue weighted by atomic mass is 10.2. The first-order chi connectivity index (χ1) is 7.58. The second-order valence-electron chi connectivity index (χ2n) is 3.78. The third-order valence-electron chi connectivity index (χ3n) is 2.70. The summed E-state index contributed by atoms with van der Waals surface area (Å²) in [5, 5.41) is 0.778. The van der Waals surface area contributed by atoms with Crippen LogP contribution < -0.4 is 0 Å². The highest BCUT2D eigenvalue weighted by atomic mass is 79.9. The molecule has 4 heteroatoms. The highest BCUT2D eigenvalue weighted by Gasteiger charge is 2.05. The summed E-state index contributed by atoms with van der Waals surface area (Å²) >= 11 is 9.57. The molecule has 0 fully saturated rings. The van der Waals surface area contributed by atoms with Crippen LogP contribution >= 0.6 is 27.5 Å². The Kier molecular flexibility index (Phi) is 3.36. The SMILES string of the molecule is Cc1ncn(Cc2ccc(Br)cc2Cl)c1C. The van der Waals surface area contributed by atoms with E-state index in [2.05, 4.69) is 32.4 Å². The molecule has 0 saturated carbocycles. The van der Waals surface area contributed by atoms with Gasteiger partial charge < -0.3 is 4.57 Å². The minimum atomic E-state index is 0.763. The second kappa shape index (κ2) is 4.60. The molecule has 0 bridgehead atoms. The summed E-state index contributed by atoms with van der Waals surface area (Å²) in [4.78, 5) is 4.27. The summed E-state index contributed by atoms with van der Waals surface area (Å²) in [5.41, 5.74) is 3.34. The third-order valence-corrected chi connectivity index (χ3v) is 3.55. The molecule has 0 aliphatic heterocycles. The molecule has 0 unspecified atom stereocenters. The van der Waals surface area contributed by atoms with Crippen molar-refractivity contribution in [3.05, 3.63) is 51.0 Å². The van der Waals surface area contributed by atoms with Gasteiger partial charge in [0.1, 0.15) is 0 Å². The maximum absolute atomic E-state index is 6.17. The topological polar surface area (TPSA) is 17.8 Å². The fourth-order valence-corrected chi connectivity index (χ4v) is 2.27. The number of imidazole rings is 1. The van der Waals surface area contributed by atoms with Crippen LogP contribution in [0.1, 0.15) is 17.0 Å². The van der Waals surface area contributed by atoms with E-state index in [1.54, 1.807) is 0 Å². The minimum Gasteiger partial charge on any atom is -0.330 e. The van der Waals surface area contributed by atoms with Gasteiger partial charge in [-0.05, 0) is 31.5 Å². The van der Waals surface area contributed by atoms with E-state index in [0.29, 0.717) is 0 Å². The zero-order valence-electron chi connectivity index (χ0n) is 9.17. The van der Waals surface area contributed by atoms with Gasteiger partial charge in [-0.3, -0.25) is 0 Å². The van der Waals surface area contributed by atoms with E-state index in [9.17, 15) is 0 Å². The van der Waals surface area contributed by atoms with Crippen LogP contribution in [0.5, 0.6) is 0 Å². The normalized spacial score (nSPS) is 10.8. The Morgan fingerprint density at radius 3 is 2.69 bits per heavy atom. The van der Waals surface area contributed by atoms with E-state index in [0.717, 1.165) is 27.3 Å². The van der Waals surface area contributed by atoms with E-state index in [1.165, 1.54) is 5.69 Å². The van der Waals surface area contributed by atoms with Gasteiger partial charge in [0.25, 0.3) is 0 Å². The van der Waals surface area contributed by atoms with Gasteiger partial charge in [0, 0.05) is 15.2 Å². The molecule has 0 aliphatic rings. The lowest BCUT2D eigenvalue weighted by Gasteiger charge is -2.08. The maximum Gasteiger partial charge on any atom is 0.0954 e. The Bertz CT molecular complexity index is 520. The summed E-state index contributed by atoms with van der Waals surface area (Å²) in [6.45, 7) is 4.84. The van der Waals surface area contributed by atoms with Gasteiger partial charge in [0.2, 0.25) is 0 Å². The first-order valence-corrected chi connectivity index (χ1v) is 6.17. The number of hydrogen-bond donors (Lipinski definition) is 0. The maximum atomic E-state index is 6.17. The predicted octanol–water partition coefficient (Wildman–Crippen LogP) is 3.96. The van der Waals surface area contributed by atoms with Crippen LogP contribution in [-0.2, 0) is 6.54 Å². The van der Waals surface area contributed by atoms with E-state index in [-0.39, 0.29) is 0 Å². The first-order valence-electron chi connectivity index (χ1n) is 5.00. The quantitative estimate of drug-likeness (QED) is 0.820. The molecule has 0 amide bonds. The van der Waals surface area contributed by atoms with Crippen molar-refractivity contribution >= 4 is 27.5 Å². The lowest BCUT2D eigenvalue weighted by Crippen LogP contribution is -2.01. The van der Waals surface area contributed by atoms with E-state index >= 15 is 0 Å². The van der Waals surface area contributed by atoms with Crippen LogP contribution in [0.25, 0.3) is 0 Å². The van der Waals surface area contributed by atoms with Crippen molar-refractivity contribution in [2.45, 2.75) is 20.4 Å². The van der Waals surface area contributed by atoms with Gasteiger partial charge in [0.15, 0.2) is 0 Å². The van der Waals surface area contributed by atoms with Crippen LogP contribution in [0, 0.1) is 13.8 Å². The predicted molar refractivity (Wildman–Crippen MR) is 70.0 cm³/mol. The molecule has 16 heavy (non-hydrogen) atoms. The monoisotopic (exact) mass is 298 g/mol. The zero-order valence-corrected chi connectivity index (χ0v) is 11.5. The average Bonchev–Trinajstić information content (AvgIpc) is 2.54. The molecule has 2 rings (SSSR count). The fourth-order valence-electron chi connectivity index (χ4n) is 1.54. The van der Waals surface area contributed by atoms with Crippen molar-refractivity contribution in [1.82, 2.24) is 9.55 Å². The number of rotatable bonds is 2. The molecule has 2 nitrogen and oxygen atoms in total. The largest absolute Gasteiger partial charge is 0.330 e. The number of halogens is 2. The summed E-state index contributed by atoms with van der Waals surface area (Å²) in [6, 6.07) is 5.94. The third kappa shape index (κ3) is 2.30. The summed E-state index contributed by atoms with van der Waals surface area (Å²) in [7, 11) is 0. The van der Waals surface area contributed by atoms with Crippen LogP contribution in [0.15, 0.2) is 29.0 Å². The average molecular weight is 300 g/mol. The Morgan fingerprint density at radius 1 is 1.38 bits per heavy atom. The molecule has 0 spiro atoms. The summed E-state index contributed by atoms with van der Waals surface area (Å²) < 4.78 is 3.10. The van der Waals surface area contributed by atoms with Gasteiger partial charge in [-0.1, -0.05) is 33.6 Å². The van der Waals surface area contributed by atoms with E-state index in [1.807, 2.05) is 31.5 Å². The van der Waals surface area contributed by atoms with Crippen molar-refractivity contribution in [3.8, 4) is 0 Å². The molecule has 0 saturated heterocycles. The van der Waals surface area contributed by atoms with Crippen molar-refractivity contribution in [3.63, 3.8) is 0 Å². The van der Waals surface area contributed by atoms with Gasteiger partial charge in [-0.2, -0.15) is 0 Å². The Labute approximate surface area is 108 Å². The standard InChI is InChI=1S/C12H12BrClN2/c1-8-9(2)16(7-15-8)6-10-3-4-11(13)5-12(10)14/h3-5,7H,6H2,1-2H3. The molecular weight excluding hydrogens is 288 g/mol. The Balaban J connectivity index is 2.30. The molecule has 1 aromatic heterocycles. The molecule has 84 valence electrons. The van der Waals surface area contributed by atoms with Crippen molar-refractivity contribution < 1.29 is 0 Å². The highest BCUT2D eigenvalue weighted by Crippen LogP contribution is 2.22. The molecule has 0 aliphatic carbocycles. The van der Waals surface area contributed by atoms with E-state index < -0.39 is 0 Å². The molecule has 0 N–H and O–H groups in total.